The van der Waals surface area contributed by atoms with Gasteiger partial charge < -0.3 is 10.2 Å². The van der Waals surface area contributed by atoms with Gasteiger partial charge in [-0.1, -0.05) is 43.7 Å². The lowest BCUT2D eigenvalue weighted by Gasteiger charge is -2.30. The Morgan fingerprint density at radius 3 is 2.74 bits per heavy atom. The molecule has 1 aliphatic heterocycles. The number of carbonyl (C=O) groups excluding carboxylic acids is 2. The topological polar surface area (TPSA) is 49.4 Å². The van der Waals surface area contributed by atoms with Gasteiger partial charge in [0, 0.05) is 13.1 Å². The second-order valence-electron chi connectivity index (χ2n) is 4.86. The van der Waals surface area contributed by atoms with E-state index in [0.717, 1.165) is 18.4 Å². The molecule has 4 heteroatoms. The van der Waals surface area contributed by atoms with E-state index in [1.54, 1.807) is 4.90 Å². The van der Waals surface area contributed by atoms with Crippen molar-refractivity contribution in [2.24, 2.45) is 0 Å². The summed E-state index contributed by atoms with van der Waals surface area (Å²) in [6.45, 7) is 3.42. The van der Waals surface area contributed by atoms with Crippen molar-refractivity contribution < 1.29 is 9.59 Å². The minimum Gasteiger partial charge on any atom is -0.353 e. The maximum absolute atomic E-state index is 12.6. The van der Waals surface area contributed by atoms with Crippen molar-refractivity contribution in [1.29, 1.82) is 0 Å². The van der Waals surface area contributed by atoms with Crippen molar-refractivity contribution in [1.82, 2.24) is 10.2 Å². The van der Waals surface area contributed by atoms with Crippen molar-refractivity contribution in [2.45, 2.75) is 25.7 Å². The fourth-order valence-corrected chi connectivity index (χ4v) is 2.45. The lowest BCUT2D eigenvalue weighted by molar-refractivity contribution is -0.139. The van der Waals surface area contributed by atoms with Crippen LogP contribution in [0.3, 0.4) is 0 Å². The number of benzene rings is 1. The SMILES string of the molecule is CCCC(C(=O)N1CCNC(=O)C1)c1ccccc1. The van der Waals surface area contributed by atoms with Gasteiger partial charge in [0.25, 0.3) is 0 Å². The molecule has 2 amide bonds. The summed E-state index contributed by atoms with van der Waals surface area (Å²) in [7, 11) is 0. The molecule has 0 bridgehead atoms. The zero-order valence-corrected chi connectivity index (χ0v) is 11.3. The molecule has 1 aromatic rings. The van der Waals surface area contributed by atoms with Gasteiger partial charge in [-0.05, 0) is 12.0 Å². The molecule has 1 aliphatic rings. The summed E-state index contributed by atoms with van der Waals surface area (Å²) in [5, 5.41) is 2.74. The van der Waals surface area contributed by atoms with Crippen LogP contribution in [-0.2, 0) is 9.59 Å². The molecule has 1 saturated heterocycles. The fraction of sp³-hybridized carbons (Fsp3) is 0.467. The molecule has 0 aliphatic carbocycles. The Bertz CT molecular complexity index is 445. The predicted octanol–water partition coefficient (Wildman–Crippen LogP) is 1.53. The smallest absolute Gasteiger partial charge is 0.239 e. The number of hydrogen-bond acceptors (Lipinski definition) is 2. The largest absolute Gasteiger partial charge is 0.353 e. The number of hydrogen-bond donors (Lipinski definition) is 1. The molecule has 19 heavy (non-hydrogen) atoms. The zero-order valence-electron chi connectivity index (χ0n) is 11.3. The highest BCUT2D eigenvalue weighted by molar-refractivity contribution is 5.89. The quantitative estimate of drug-likeness (QED) is 0.892. The third-order valence-electron chi connectivity index (χ3n) is 3.43. The Labute approximate surface area is 113 Å². The van der Waals surface area contributed by atoms with Crippen LogP contribution in [-0.4, -0.2) is 36.3 Å². The van der Waals surface area contributed by atoms with Crippen LogP contribution in [0.15, 0.2) is 30.3 Å². The summed E-state index contributed by atoms with van der Waals surface area (Å²) >= 11 is 0. The second-order valence-corrected chi connectivity index (χ2v) is 4.86. The van der Waals surface area contributed by atoms with Gasteiger partial charge in [-0.2, -0.15) is 0 Å². The number of nitrogens with zero attached hydrogens (tertiary/aromatic N) is 1. The highest BCUT2D eigenvalue weighted by atomic mass is 16.2. The Morgan fingerprint density at radius 2 is 2.11 bits per heavy atom. The molecule has 0 saturated carbocycles. The molecule has 0 radical (unpaired) electrons. The third-order valence-corrected chi connectivity index (χ3v) is 3.43. The van der Waals surface area contributed by atoms with E-state index < -0.39 is 0 Å². The molecular weight excluding hydrogens is 240 g/mol. The molecule has 1 N–H and O–H groups in total. The monoisotopic (exact) mass is 260 g/mol. The molecule has 1 heterocycles. The Hall–Kier alpha value is -1.84. The average molecular weight is 260 g/mol. The zero-order chi connectivity index (χ0) is 13.7. The van der Waals surface area contributed by atoms with Crippen LogP contribution in [0.25, 0.3) is 0 Å². The van der Waals surface area contributed by atoms with Crippen LogP contribution in [0.1, 0.15) is 31.2 Å². The summed E-state index contributed by atoms with van der Waals surface area (Å²) in [6.07, 6.45) is 1.77. The Morgan fingerprint density at radius 1 is 1.37 bits per heavy atom. The number of carbonyl (C=O) groups is 2. The maximum Gasteiger partial charge on any atom is 0.239 e. The van der Waals surface area contributed by atoms with Crippen molar-refractivity contribution in [2.75, 3.05) is 19.6 Å². The molecule has 1 fully saturated rings. The molecule has 1 atom stereocenters. The van der Waals surface area contributed by atoms with Crippen molar-refractivity contribution in [3.63, 3.8) is 0 Å². The second kappa shape index (κ2) is 6.36. The van der Waals surface area contributed by atoms with Crippen molar-refractivity contribution >= 4 is 11.8 Å². The molecule has 1 aromatic carbocycles. The average Bonchev–Trinajstić information content (AvgIpc) is 2.45. The van der Waals surface area contributed by atoms with E-state index in [-0.39, 0.29) is 24.3 Å². The molecule has 1 unspecified atom stereocenters. The fourth-order valence-electron chi connectivity index (χ4n) is 2.45. The predicted molar refractivity (Wildman–Crippen MR) is 73.7 cm³/mol. The highest BCUT2D eigenvalue weighted by Crippen LogP contribution is 2.23. The molecule has 0 spiro atoms. The summed E-state index contributed by atoms with van der Waals surface area (Å²) in [6, 6.07) is 9.83. The molecule has 2 rings (SSSR count). The van der Waals surface area contributed by atoms with Gasteiger partial charge >= 0.3 is 0 Å². The number of piperazine rings is 1. The first-order chi connectivity index (χ1) is 9.22. The summed E-state index contributed by atoms with van der Waals surface area (Å²) in [4.78, 5) is 25.6. The standard InChI is InChI=1S/C15H20N2O2/c1-2-6-13(12-7-4-3-5-8-12)15(19)17-10-9-16-14(18)11-17/h3-5,7-8,13H,2,6,9-11H2,1H3,(H,16,18). The van der Waals surface area contributed by atoms with E-state index in [1.807, 2.05) is 30.3 Å². The van der Waals surface area contributed by atoms with Crippen LogP contribution < -0.4 is 5.32 Å². The number of nitrogens with one attached hydrogen (secondary N) is 1. The van der Waals surface area contributed by atoms with E-state index in [2.05, 4.69) is 12.2 Å². The maximum atomic E-state index is 12.6. The van der Waals surface area contributed by atoms with Crippen LogP contribution in [0.5, 0.6) is 0 Å². The van der Waals surface area contributed by atoms with Crippen LogP contribution >= 0.6 is 0 Å². The van der Waals surface area contributed by atoms with Crippen LogP contribution in [0, 0.1) is 0 Å². The molecule has 0 aromatic heterocycles. The molecular formula is C15H20N2O2. The van der Waals surface area contributed by atoms with Crippen LogP contribution in [0.4, 0.5) is 0 Å². The number of rotatable bonds is 4. The van der Waals surface area contributed by atoms with Gasteiger partial charge in [-0.15, -0.1) is 0 Å². The third kappa shape index (κ3) is 3.34. The van der Waals surface area contributed by atoms with E-state index in [0.29, 0.717) is 13.1 Å². The molecule has 4 nitrogen and oxygen atoms in total. The van der Waals surface area contributed by atoms with Gasteiger partial charge in [0.05, 0.1) is 12.5 Å². The summed E-state index contributed by atoms with van der Waals surface area (Å²) in [5.74, 6) is -0.122. The lowest BCUT2D eigenvalue weighted by Crippen LogP contribution is -2.51. The Kier molecular flexibility index (Phi) is 4.55. The summed E-state index contributed by atoms with van der Waals surface area (Å²) < 4.78 is 0. The Balaban J connectivity index is 2.14. The lowest BCUT2D eigenvalue weighted by atomic mass is 9.93. The van der Waals surface area contributed by atoms with Crippen molar-refractivity contribution in [3.8, 4) is 0 Å². The first kappa shape index (κ1) is 13.6. The summed E-state index contributed by atoms with van der Waals surface area (Å²) in [5.41, 5.74) is 1.04. The number of amides is 2. The first-order valence-electron chi connectivity index (χ1n) is 6.82. The van der Waals surface area contributed by atoms with Gasteiger partial charge in [-0.25, -0.2) is 0 Å². The minimum atomic E-state index is -0.128. The normalized spacial score (nSPS) is 16.9. The van der Waals surface area contributed by atoms with E-state index >= 15 is 0 Å². The van der Waals surface area contributed by atoms with E-state index in [4.69, 9.17) is 0 Å². The first-order valence-corrected chi connectivity index (χ1v) is 6.82. The van der Waals surface area contributed by atoms with Gasteiger partial charge in [-0.3, -0.25) is 9.59 Å². The van der Waals surface area contributed by atoms with E-state index in [9.17, 15) is 9.59 Å². The van der Waals surface area contributed by atoms with E-state index in [1.165, 1.54) is 0 Å². The minimum absolute atomic E-state index is 0.0667. The van der Waals surface area contributed by atoms with Gasteiger partial charge in [0.1, 0.15) is 0 Å². The molecule has 102 valence electrons. The van der Waals surface area contributed by atoms with Gasteiger partial charge in [0.15, 0.2) is 0 Å². The van der Waals surface area contributed by atoms with Crippen LogP contribution in [0.2, 0.25) is 0 Å². The van der Waals surface area contributed by atoms with Crippen molar-refractivity contribution in [3.05, 3.63) is 35.9 Å². The highest BCUT2D eigenvalue weighted by Gasteiger charge is 2.28. The van der Waals surface area contributed by atoms with Gasteiger partial charge in [0.2, 0.25) is 11.8 Å².